The van der Waals surface area contributed by atoms with Gasteiger partial charge in [0.25, 0.3) is 10.0 Å². The van der Waals surface area contributed by atoms with Gasteiger partial charge >= 0.3 is 0 Å². The number of rotatable bonds is 9. The van der Waals surface area contributed by atoms with Crippen molar-refractivity contribution in [3.8, 4) is 0 Å². The van der Waals surface area contributed by atoms with E-state index in [0.717, 1.165) is 22.2 Å². The van der Waals surface area contributed by atoms with Crippen LogP contribution in [0.2, 0.25) is 0 Å². The molecule has 2 heterocycles. The number of sulfonamides is 1. The van der Waals surface area contributed by atoms with Crippen LogP contribution in [0.1, 0.15) is 29.8 Å². The third-order valence-corrected chi connectivity index (χ3v) is 8.08. The number of pyridine rings is 2. The summed E-state index contributed by atoms with van der Waals surface area (Å²) in [5, 5.41) is 4.33. The minimum Gasteiger partial charge on any atom is -0.305 e. The van der Waals surface area contributed by atoms with Crippen molar-refractivity contribution in [2.45, 2.75) is 31.0 Å². The van der Waals surface area contributed by atoms with Crippen LogP contribution in [-0.2, 0) is 23.1 Å². The van der Waals surface area contributed by atoms with Crippen LogP contribution in [0.5, 0.6) is 0 Å². The van der Waals surface area contributed by atoms with Crippen molar-refractivity contribution < 1.29 is 8.42 Å². The van der Waals surface area contributed by atoms with Crippen LogP contribution in [0.3, 0.4) is 0 Å². The molecule has 0 saturated heterocycles. The third-order valence-electron chi connectivity index (χ3n) is 6.30. The molecule has 3 aromatic carbocycles. The molecule has 7 heteroatoms. The minimum absolute atomic E-state index is 0.0739. The second kappa shape index (κ2) is 10.9. The van der Waals surface area contributed by atoms with E-state index in [1.807, 2.05) is 91.0 Å². The van der Waals surface area contributed by atoms with Crippen molar-refractivity contribution in [2.75, 3.05) is 4.31 Å². The Balaban J connectivity index is 1.44. The van der Waals surface area contributed by atoms with Crippen molar-refractivity contribution in [1.82, 2.24) is 15.3 Å². The van der Waals surface area contributed by atoms with Gasteiger partial charge in [0.2, 0.25) is 0 Å². The zero-order valence-corrected chi connectivity index (χ0v) is 21.3. The van der Waals surface area contributed by atoms with Gasteiger partial charge in [0, 0.05) is 30.4 Å². The summed E-state index contributed by atoms with van der Waals surface area (Å²) in [5.74, 6) is 0. The highest BCUT2D eigenvalue weighted by Gasteiger charge is 2.27. The fraction of sp³-hybridized carbons (Fsp3) is 0.133. The molecular formula is C30H28N4O2S. The summed E-state index contributed by atoms with van der Waals surface area (Å²) in [5.41, 5.74) is 4.04. The van der Waals surface area contributed by atoms with E-state index in [9.17, 15) is 8.42 Å². The van der Waals surface area contributed by atoms with E-state index in [1.165, 1.54) is 4.31 Å². The van der Waals surface area contributed by atoms with E-state index in [-0.39, 0.29) is 17.5 Å². The van der Waals surface area contributed by atoms with Gasteiger partial charge in [-0.25, -0.2) is 8.42 Å². The SMILES string of the molecule is CC(NCc1ccc(S(=O)(=O)N(Cc2ccccc2)c2cccc3cccnc23)cc1)c1ccccn1. The van der Waals surface area contributed by atoms with Crippen LogP contribution in [0.25, 0.3) is 10.9 Å². The molecule has 5 rings (SSSR count). The standard InChI is InChI=1S/C30H28N4O2S/c1-23(28-13-5-6-19-31-28)33-21-24-15-17-27(18-16-24)37(35,36)34(22-25-9-3-2-4-10-25)29-14-7-11-26-12-8-20-32-30(26)29/h2-20,23,33H,21-22H2,1H3. The van der Waals surface area contributed by atoms with Crippen LogP contribution in [0.4, 0.5) is 5.69 Å². The van der Waals surface area contributed by atoms with Gasteiger partial charge in [-0.15, -0.1) is 0 Å². The fourth-order valence-corrected chi connectivity index (χ4v) is 5.71. The Morgan fingerprint density at radius 2 is 1.49 bits per heavy atom. The van der Waals surface area contributed by atoms with Gasteiger partial charge in [0.15, 0.2) is 0 Å². The molecule has 0 aliphatic rings. The quantitative estimate of drug-likeness (QED) is 0.269. The molecule has 0 bridgehead atoms. The molecule has 1 N–H and O–H groups in total. The average Bonchev–Trinajstić information content (AvgIpc) is 2.95. The summed E-state index contributed by atoms with van der Waals surface area (Å²) >= 11 is 0. The van der Waals surface area contributed by atoms with Crippen molar-refractivity contribution in [2.24, 2.45) is 0 Å². The number of para-hydroxylation sites is 1. The maximum absolute atomic E-state index is 14.0. The number of aromatic nitrogens is 2. The summed E-state index contributed by atoms with van der Waals surface area (Å²) in [6.45, 7) is 2.85. The zero-order valence-electron chi connectivity index (χ0n) is 20.5. The summed E-state index contributed by atoms with van der Waals surface area (Å²) in [6.07, 6.45) is 3.47. The summed E-state index contributed by atoms with van der Waals surface area (Å²) in [7, 11) is -3.87. The lowest BCUT2D eigenvalue weighted by molar-refractivity contribution is 0.561. The topological polar surface area (TPSA) is 75.2 Å². The summed E-state index contributed by atoms with van der Waals surface area (Å²) in [4.78, 5) is 9.13. The molecule has 1 atom stereocenters. The lowest BCUT2D eigenvalue weighted by Gasteiger charge is -2.26. The van der Waals surface area contributed by atoms with Crippen molar-refractivity contribution >= 4 is 26.6 Å². The Morgan fingerprint density at radius 3 is 2.24 bits per heavy atom. The smallest absolute Gasteiger partial charge is 0.264 e. The normalized spacial score (nSPS) is 12.4. The van der Waals surface area contributed by atoms with Gasteiger partial charge in [-0.2, -0.15) is 0 Å². The Morgan fingerprint density at radius 1 is 0.757 bits per heavy atom. The number of benzene rings is 3. The maximum Gasteiger partial charge on any atom is 0.264 e. The largest absolute Gasteiger partial charge is 0.305 e. The van der Waals surface area contributed by atoms with Crippen molar-refractivity contribution in [3.05, 3.63) is 132 Å². The fourth-order valence-electron chi connectivity index (χ4n) is 4.25. The van der Waals surface area contributed by atoms with Gasteiger partial charge in [-0.1, -0.05) is 66.7 Å². The number of hydrogen-bond acceptors (Lipinski definition) is 5. The number of nitrogens with one attached hydrogen (secondary N) is 1. The minimum atomic E-state index is -3.87. The molecule has 0 amide bonds. The molecule has 0 radical (unpaired) electrons. The van der Waals surface area contributed by atoms with Crippen LogP contribution in [0.15, 0.2) is 120 Å². The molecule has 1 unspecified atom stereocenters. The first-order valence-electron chi connectivity index (χ1n) is 12.2. The van der Waals surface area contributed by atoms with E-state index in [0.29, 0.717) is 17.7 Å². The molecule has 0 aliphatic heterocycles. The van der Waals surface area contributed by atoms with E-state index < -0.39 is 10.0 Å². The predicted octanol–water partition coefficient (Wildman–Crippen LogP) is 5.88. The molecular weight excluding hydrogens is 480 g/mol. The van der Waals surface area contributed by atoms with E-state index in [2.05, 4.69) is 22.2 Å². The van der Waals surface area contributed by atoms with Gasteiger partial charge in [-0.05, 0) is 54.4 Å². The monoisotopic (exact) mass is 508 g/mol. The number of nitrogens with zero attached hydrogens (tertiary/aromatic N) is 3. The molecule has 186 valence electrons. The van der Waals surface area contributed by atoms with E-state index >= 15 is 0 Å². The van der Waals surface area contributed by atoms with E-state index in [1.54, 1.807) is 24.5 Å². The first kappa shape index (κ1) is 24.6. The highest BCUT2D eigenvalue weighted by atomic mass is 32.2. The molecule has 37 heavy (non-hydrogen) atoms. The molecule has 0 spiro atoms. The molecule has 6 nitrogen and oxygen atoms in total. The molecule has 0 saturated carbocycles. The Kier molecular flexibility index (Phi) is 7.25. The molecule has 5 aromatic rings. The first-order chi connectivity index (χ1) is 18.0. The Bertz CT molecular complexity index is 1570. The maximum atomic E-state index is 14.0. The second-order valence-electron chi connectivity index (χ2n) is 8.85. The van der Waals surface area contributed by atoms with Gasteiger partial charge in [0.05, 0.1) is 28.3 Å². The van der Waals surface area contributed by atoms with Crippen molar-refractivity contribution in [3.63, 3.8) is 0 Å². The molecule has 2 aromatic heterocycles. The number of anilines is 1. The third kappa shape index (κ3) is 5.53. The molecule has 0 aliphatic carbocycles. The highest BCUT2D eigenvalue weighted by Crippen LogP contribution is 2.31. The lowest BCUT2D eigenvalue weighted by atomic mass is 10.1. The predicted molar refractivity (Wildman–Crippen MR) is 147 cm³/mol. The highest BCUT2D eigenvalue weighted by molar-refractivity contribution is 7.92. The molecule has 0 fully saturated rings. The van der Waals surface area contributed by atoms with Gasteiger partial charge < -0.3 is 5.32 Å². The van der Waals surface area contributed by atoms with Gasteiger partial charge in [-0.3, -0.25) is 14.3 Å². The van der Waals surface area contributed by atoms with Crippen LogP contribution < -0.4 is 9.62 Å². The Labute approximate surface area is 217 Å². The zero-order chi connectivity index (χ0) is 25.7. The van der Waals surface area contributed by atoms with E-state index in [4.69, 9.17) is 0 Å². The van der Waals surface area contributed by atoms with Crippen molar-refractivity contribution in [1.29, 1.82) is 0 Å². The first-order valence-corrected chi connectivity index (χ1v) is 13.6. The lowest BCUT2D eigenvalue weighted by Crippen LogP contribution is -2.31. The van der Waals surface area contributed by atoms with Crippen LogP contribution in [-0.4, -0.2) is 18.4 Å². The second-order valence-corrected chi connectivity index (χ2v) is 10.7. The number of fused-ring (bicyclic) bond motifs is 1. The van der Waals surface area contributed by atoms with Crippen LogP contribution in [0, 0.1) is 0 Å². The summed E-state index contributed by atoms with van der Waals surface area (Å²) in [6, 6.07) is 32.0. The summed E-state index contributed by atoms with van der Waals surface area (Å²) < 4.78 is 29.5. The van der Waals surface area contributed by atoms with Gasteiger partial charge in [0.1, 0.15) is 0 Å². The average molecular weight is 509 g/mol. The van der Waals surface area contributed by atoms with Crippen LogP contribution >= 0.6 is 0 Å². The Hall–Kier alpha value is -4.07. The number of hydrogen-bond donors (Lipinski definition) is 1.